The third kappa shape index (κ3) is 5.52. The Labute approximate surface area is 286 Å². The molecule has 4 heterocycles. The summed E-state index contributed by atoms with van der Waals surface area (Å²) >= 11 is 0. The Morgan fingerprint density at radius 1 is 1.14 bits per heavy atom. The van der Waals surface area contributed by atoms with Gasteiger partial charge in [-0.1, -0.05) is 13.0 Å². The highest BCUT2D eigenvalue weighted by atomic mass is 19.4. The molecule has 2 bridgehead atoms. The maximum atomic E-state index is 13.2. The topological polar surface area (TPSA) is 163 Å². The van der Waals surface area contributed by atoms with Crippen molar-refractivity contribution in [3.63, 3.8) is 0 Å². The molecule has 2 amide bonds. The normalized spacial score (nSPS) is 24.2. The lowest BCUT2D eigenvalue weighted by Crippen LogP contribution is -2.69. The molecule has 6 rings (SSSR count). The molecule has 3 N–H and O–H groups in total. The first-order chi connectivity index (χ1) is 23.6. The van der Waals surface area contributed by atoms with E-state index in [1.165, 1.54) is 7.11 Å². The second-order valence-electron chi connectivity index (χ2n) is 13.0. The highest BCUT2D eigenvalue weighted by Crippen LogP contribution is 2.58. The number of rotatable bonds is 7. The number of phenols is 1. The van der Waals surface area contributed by atoms with Gasteiger partial charge in [-0.2, -0.15) is 18.4 Å². The van der Waals surface area contributed by atoms with Gasteiger partial charge in [0.1, 0.15) is 17.8 Å². The van der Waals surface area contributed by atoms with Crippen LogP contribution in [0.15, 0.2) is 6.07 Å². The molecule has 16 heteroatoms. The summed E-state index contributed by atoms with van der Waals surface area (Å²) in [6.07, 6.45) is -4.47. The zero-order valence-corrected chi connectivity index (χ0v) is 28.4. The zero-order valence-electron chi connectivity index (χ0n) is 28.4. The van der Waals surface area contributed by atoms with Crippen LogP contribution in [0.25, 0.3) is 0 Å². The zero-order chi connectivity index (χ0) is 36.4. The second-order valence-corrected chi connectivity index (χ2v) is 13.0. The molecule has 0 aromatic heterocycles. The van der Waals surface area contributed by atoms with Gasteiger partial charge in [0.15, 0.2) is 23.0 Å². The number of benzene rings is 2. The van der Waals surface area contributed by atoms with Crippen molar-refractivity contribution in [1.29, 1.82) is 5.26 Å². The van der Waals surface area contributed by atoms with E-state index in [9.17, 15) is 37.9 Å². The van der Waals surface area contributed by atoms with E-state index in [1.807, 2.05) is 24.9 Å². The standard InChI is InChI=1S/C34H38F3N5O8/c1-7-23(43)50-31-24-17(8-14(2)28(31)47-6)9-19-21(11-38)42-20(26(24)41(19)5)10-18-25(30-29(48-13-49-30)15(3)27(18)44)22(42)12-39-32(45)16(4)40-33(46)34(35,36)37/h8,16,19-22,26,44H,7,9-10,12-13H2,1-6H3,(H,39,45)(H,40,46)/t16-,19-,20?,21-,22-,26-/m0/s1. The van der Waals surface area contributed by atoms with E-state index in [0.29, 0.717) is 45.9 Å². The predicted octanol–water partition coefficient (Wildman–Crippen LogP) is 3.02. The number of hydrogen-bond donors (Lipinski definition) is 3. The molecular formula is C34H38F3N5O8. The Bertz CT molecular complexity index is 1810. The number of alkyl halides is 3. The number of amides is 2. The van der Waals surface area contributed by atoms with E-state index < -0.39 is 54.2 Å². The summed E-state index contributed by atoms with van der Waals surface area (Å²) in [6.45, 7) is 5.98. The Morgan fingerprint density at radius 2 is 1.84 bits per heavy atom. The van der Waals surface area contributed by atoms with Crippen LogP contribution in [-0.2, 0) is 27.2 Å². The highest BCUT2D eigenvalue weighted by molar-refractivity contribution is 5.89. The van der Waals surface area contributed by atoms with Crippen LogP contribution < -0.4 is 29.6 Å². The molecule has 1 saturated heterocycles. The van der Waals surface area contributed by atoms with Crippen LogP contribution in [0.4, 0.5) is 13.2 Å². The smallest absolute Gasteiger partial charge is 0.471 e. The number of hydrogen-bond acceptors (Lipinski definition) is 11. The summed E-state index contributed by atoms with van der Waals surface area (Å²) < 4.78 is 62.2. The number of halogens is 3. The van der Waals surface area contributed by atoms with Gasteiger partial charge in [0.05, 0.1) is 25.3 Å². The summed E-state index contributed by atoms with van der Waals surface area (Å²) in [5, 5.41) is 26.8. The maximum absolute atomic E-state index is 13.2. The van der Waals surface area contributed by atoms with Crippen LogP contribution in [0.3, 0.4) is 0 Å². The van der Waals surface area contributed by atoms with Gasteiger partial charge in [0.2, 0.25) is 12.7 Å². The van der Waals surface area contributed by atoms with Crippen molar-refractivity contribution in [2.24, 2.45) is 0 Å². The van der Waals surface area contributed by atoms with Crippen LogP contribution >= 0.6 is 0 Å². The van der Waals surface area contributed by atoms with Crippen LogP contribution in [-0.4, -0.2) is 90.5 Å². The first-order valence-corrected chi connectivity index (χ1v) is 16.2. The number of carbonyl (C=O) groups is 3. The fourth-order valence-corrected chi connectivity index (χ4v) is 8.00. The molecule has 50 heavy (non-hydrogen) atoms. The fourth-order valence-electron chi connectivity index (χ4n) is 8.00. The molecule has 0 saturated carbocycles. The number of piperazine rings is 1. The van der Waals surface area contributed by atoms with Crippen molar-refractivity contribution in [1.82, 2.24) is 20.4 Å². The van der Waals surface area contributed by atoms with Gasteiger partial charge < -0.3 is 34.7 Å². The van der Waals surface area contributed by atoms with Crippen molar-refractivity contribution in [3.8, 4) is 34.8 Å². The average Bonchev–Trinajstić information content (AvgIpc) is 3.56. The molecule has 268 valence electrons. The number of aryl methyl sites for hydroxylation is 1. The predicted molar refractivity (Wildman–Crippen MR) is 169 cm³/mol. The number of ether oxygens (including phenoxy) is 4. The van der Waals surface area contributed by atoms with Crippen molar-refractivity contribution in [2.45, 2.75) is 89.4 Å². The Morgan fingerprint density at radius 3 is 2.48 bits per heavy atom. The van der Waals surface area contributed by atoms with E-state index in [2.05, 4.69) is 16.3 Å². The van der Waals surface area contributed by atoms with Gasteiger partial charge in [-0.15, -0.1) is 0 Å². The van der Waals surface area contributed by atoms with Gasteiger partial charge in [-0.25, -0.2) is 0 Å². The lowest BCUT2D eigenvalue weighted by molar-refractivity contribution is -0.174. The molecule has 0 radical (unpaired) electrons. The third-order valence-electron chi connectivity index (χ3n) is 10.2. The monoisotopic (exact) mass is 701 g/mol. The maximum Gasteiger partial charge on any atom is 0.471 e. The summed E-state index contributed by atoms with van der Waals surface area (Å²) in [4.78, 5) is 41.5. The number of carbonyl (C=O) groups excluding carboxylic acids is 3. The summed E-state index contributed by atoms with van der Waals surface area (Å²) in [5.41, 5.74) is 3.74. The fraction of sp³-hybridized carbons (Fsp3) is 0.529. The van der Waals surface area contributed by atoms with E-state index in [4.69, 9.17) is 18.9 Å². The average molecular weight is 702 g/mol. The summed E-state index contributed by atoms with van der Waals surface area (Å²) in [5.74, 6) is -2.36. The van der Waals surface area contributed by atoms with Crippen molar-refractivity contribution < 1.29 is 51.6 Å². The molecule has 0 spiro atoms. The van der Waals surface area contributed by atoms with E-state index in [0.717, 1.165) is 18.1 Å². The first-order valence-electron chi connectivity index (χ1n) is 16.2. The highest BCUT2D eigenvalue weighted by Gasteiger charge is 2.57. The van der Waals surface area contributed by atoms with Crippen LogP contribution in [0.1, 0.15) is 65.7 Å². The third-order valence-corrected chi connectivity index (χ3v) is 10.2. The number of nitriles is 1. The van der Waals surface area contributed by atoms with Crippen LogP contribution in [0, 0.1) is 25.2 Å². The Hall–Kier alpha value is -4.75. The summed E-state index contributed by atoms with van der Waals surface area (Å²) in [7, 11) is 3.38. The number of methoxy groups -OCH3 is 1. The van der Waals surface area contributed by atoms with Crippen molar-refractivity contribution in [2.75, 3.05) is 27.5 Å². The van der Waals surface area contributed by atoms with Gasteiger partial charge in [-0.3, -0.25) is 24.2 Å². The number of nitrogens with one attached hydrogen (secondary N) is 2. The van der Waals surface area contributed by atoms with E-state index in [-0.39, 0.29) is 43.7 Å². The minimum atomic E-state index is -5.18. The lowest BCUT2D eigenvalue weighted by Gasteiger charge is -2.60. The second kappa shape index (κ2) is 12.9. The number of likely N-dealkylation sites (N-methyl/N-ethyl adjacent to an activating group) is 1. The minimum absolute atomic E-state index is 0.0560. The lowest BCUT2D eigenvalue weighted by atomic mass is 9.71. The number of fused-ring (bicyclic) bond motifs is 9. The molecule has 4 aliphatic heterocycles. The molecule has 1 fully saturated rings. The molecule has 6 atom stereocenters. The van der Waals surface area contributed by atoms with Gasteiger partial charge >= 0.3 is 18.1 Å². The van der Waals surface area contributed by atoms with E-state index >= 15 is 0 Å². The number of phenolic OH excluding ortho intramolecular Hbond substituents is 1. The van der Waals surface area contributed by atoms with Gasteiger partial charge in [0, 0.05) is 47.3 Å². The molecular weight excluding hydrogens is 663 g/mol. The summed E-state index contributed by atoms with van der Waals surface area (Å²) in [6, 6.07) is -0.191. The minimum Gasteiger partial charge on any atom is -0.507 e. The Kier molecular flexibility index (Phi) is 9.02. The van der Waals surface area contributed by atoms with Crippen molar-refractivity contribution >= 4 is 17.8 Å². The first kappa shape index (κ1) is 35.1. The van der Waals surface area contributed by atoms with Gasteiger partial charge in [-0.05, 0) is 51.8 Å². The number of esters is 1. The molecule has 2 aromatic carbocycles. The number of nitrogens with zero attached hydrogens (tertiary/aromatic N) is 3. The molecule has 4 aliphatic rings. The largest absolute Gasteiger partial charge is 0.507 e. The Balaban J connectivity index is 1.50. The SMILES string of the molecule is CCC(=O)Oc1c(OC)c(C)cc2c1[C@@H]1C3Cc4c(O)c(C)c5c(c4[C@H](CNC(=O)[C@H](C)NC(=O)C(F)(F)F)N3[C@@H](C#N)[C@H](C2)N1C)OCO5. The molecule has 13 nitrogen and oxygen atoms in total. The van der Waals surface area contributed by atoms with Crippen LogP contribution in [0.5, 0.6) is 28.7 Å². The van der Waals surface area contributed by atoms with Crippen LogP contribution in [0.2, 0.25) is 0 Å². The molecule has 1 unspecified atom stereocenters. The number of aromatic hydroxyl groups is 1. The van der Waals surface area contributed by atoms with Crippen molar-refractivity contribution in [3.05, 3.63) is 39.4 Å². The van der Waals surface area contributed by atoms with E-state index in [1.54, 1.807) is 19.2 Å². The quantitative estimate of drug-likeness (QED) is 0.288. The van der Waals surface area contributed by atoms with Gasteiger partial charge in [0.25, 0.3) is 0 Å². The molecule has 0 aliphatic carbocycles. The molecule has 2 aromatic rings.